The van der Waals surface area contributed by atoms with Crippen LogP contribution in [0.2, 0.25) is 0 Å². The molecule has 1 rings (SSSR count). The Hall–Kier alpha value is -1.38. The summed E-state index contributed by atoms with van der Waals surface area (Å²) in [7, 11) is 0. The predicted molar refractivity (Wildman–Crippen MR) is 66.2 cm³/mol. The quantitative estimate of drug-likeness (QED) is 0.555. The van der Waals surface area contributed by atoms with Crippen LogP contribution in [0.3, 0.4) is 0 Å². The van der Waals surface area contributed by atoms with E-state index in [1.807, 2.05) is 0 Å². The molecule has 0 atom stereocenters. The molecule has 0 fully saturated rings. The molecule has 0 aliphatic carbocycles. The molecule has 0 N–H and O–H groups in total. The monoisotopic (exact) mass is 238 g/mol. The third-order valence-electron chi connectivity index (χ3n) is 2.72. The van der Waals surface area contributed by atoms with Gasteiger partial charge in [0.2, 0.25) is 0 Å². The first-order valence-corrected chi connectivity index (χ1v) is 6.00. The minimum atomic E-state index is -0.476. The Kier molecular flexibility index (Phi) is 5.13. The molecule has 0 aromatic heterocycles. The van der Waals surface area contributed by atoms with Gasteiger partial charge in [-0.25, -0.2) is 4.39 Å². The lowest BCUT2D eigenvalue weighted by Crippen LogP contribution is -2.05. The maximum atomic E-state index is 13.4. The van der Waals surface area contributed by atoms with Crippen molar-refractivity contribution in [1.29, 1.82) is 0 Å². The Morgan fingerprint density at radius 2 is 2.06 bits per heavy atom. The predicted octanol–water partition coefficient (Wildman–Crippen LogP) is 3.91. The molecule has 0 heterocycles. The highest BCUT2D eigenvalue weighted by molar-refractivity contribution is 5.96. The summed E-state index contributed by atoms with van der Waals surface area (Å²) < 4.78 is 19.0. The van der Waals surface area contributed by atoms with Crippen LogP contribution in [0.5, 0.6) is 5.75 Å². The molecule has 17 heavy (non-hydrogen) atoms. The van der Waals surface area contributed by atoms with E-state index in [1.165, 1.54) is 13.0 Å². The number of ketones is 1. The fourth-order valence-corrected chi connectivity index (χ4v) is 1.78. The second kappa shape index (κ2) is 6.38. The normalized spacial score (nSPS) is 10.4. The Bertz CT molecular complexity index is 399. The molecule has 2 nitrogen and oxygen atoms in total. The van der Waals surface area contributed by atoms with Crippen LogP contribution in [-0.2, 0) is 0 Å². The van der Waals surface area contributed by atoms with Crippen LogP contribution in [0.1, 0.15) is 49.0 Å². The molecule has 0 aliphatic heterocycles. The largest absolute Gasteiger partial charge is 0.493 e. The van der Waals surface area contributed by atoms with Gasteiger partial charge in [-0.05, 0) is 32.4 Å². The summed E-state index contributed by atoms with van der Waals surface area (Å²) in [6, 6.07) is 2.88. The average Bonchev–Trinajstić information content (AvgIpc) is 2.26. The summed E-state index contributed by atoms with van der Waals surface area (Å²) >= 11 is 0. The Morgan fingerprint density at radius 1 is 1.35 bits per heavy atom. The van der Waals surface area contributed by atoms with Gasteiger partial charge < -0.3 is 4.74 Å². The van der Waals surface area contributed by atoms with Gasteiger partial charge in [-0.2, -0.15) is 0 Å². The zero-order valence-corrected chi connectivity index (χ0v) is 10.7. The van der Waals surface area contributed by atoms with Gasteiger partial charge in [-0.15, -0.1) is 0 Å². The van der Waals surface area contributed by atoms with Gasteiger partial charge in [0.05, 0.1) is 12.2 Å². The van der Waals surface area contributed by atoms with Gasteiger partial charge in [-0.3, -0.25) is 4.79 Å². The van der Waals surface area contributed by atoms with E-state index in [9.17, 15) is 9.18 Å². The van der Waals surface area contributed by atoms with Crippen LogP contribution in [0.15, 0.2) is 12.1 Å². The van der Waals surface area contributed by atoms with Crippen LogP contribution in [0, 0.1) is 12.7 Å². The van der Waals surface area contributed by atoms with Crippen molar-refractivity contribution in [2.45, 2.75) is 40.0 Å². The molecule has 0 bridgehead atoms. The van der Waals surface area contributed by atoms with E-state index in [1.54, 1.807) is 13.0 Å². The number of benzene rings is 1. The molecule has 0 amide bonds. The average molecular weight is 238 g/mol. The van der Waals surface area contributed by atoms with Crippen LogP contribution in [-0.4, -0.2) is 12.4 Å². The fraction of sp³-hybridized carbons (Fsp3) is 0.500. The Balaban J connectivity index is 2.80. The lowest BCUT2D eigenvalue weighted by atomic mass is 10.0. The molecule has 0 spiro atoms. The second-order valence-electron chi connectivity index (χ2n) is 4.16. The molecule has 1 aromatic carbocycles. The van der Waals surface area contributed by atoms with E-state index in [2.05, 4.69) is 6.92 Å². The molecular weight excluding hydrogens is 219 g/mol. The van der Waals surface area contributed by atoms with E-state index in [0.717, 1.165) is 19.3 Å². The van der Waals surface area contributed by atoms with Crippen LogP contribution in [0.4, 0.5) is 4.39 Å². The van der Waals surface area contributed by atoms with E-state index in [0.29, 0.717) is 17.9 Å². The lowest BCUT2D eigenvalue weighted by molar-refractivity contribution is 0.101. The number of rotatable bonds is 6. The number of unbranched alkanes of at least 4 members (excludes halogenated alkanes) is 2. The first-order valence-electron chi connectivity index (χ1n) is 6.00. The van der Waals surface area contributed by atoms with E-state index < -0.39 is 5.82 Å². The number of Topliss-reactive ketones (excluding diaryl/α,β-unsaturated/α-hetero) is 1. The topological polar surface area (TPSA) is 26.3 Å². The second-order valence-corrected chi connectivity index (χ2v) is 4.16. The number of carbonyl (C=O) groups is 1. The zero-order chi connectivity index (χ0) is 12.8. The molecule has 0 aliphatic rings. The van der Waals surface area contributed by atoms with Crippen molar-refractivity contribution in [3.63, 3.8) is 0 Å². The third-order valence-corrected chi connectivity index (χ3v) is 2.72. The molecule has 0 radical (unpaired) electrons. The molecule has 0 saturated carbocycles. The maximum absolute atomic E-state index is 13.4. The maximum Gasteiger partial charge on any atom is 0.163 e. The molecule has 94 valence electrons. The summed E-state index contributed by atoms with van der Waals surface area (Å²) in [5.41, 5.74) is 0.729. The first kappa shape index (κ1) is 13.7. The van der Waals surface area contributed by atoms with Crippen molar-refractivity contribution in [2.75, 3.05) is 6.61 Å². The first-order chi connectivity index (χ1) is 8.07. The number of carbonyl (C=O) groups excluding carboxylic acids is 1. The van der Waals surface area contributed by atoms with Crippen molar-refractivity contribution in [3.05, 3.63) is 29.1 Å². The van der Waals surface area contributed by atoms with Crippen molar-refractivity contribution in [3.8, 4) is 5.75 Å². The van der Waals surface area contributed by atoms with Gasteiger partial charge in [0.25, 0.3) is 0 Å². The number of halogens is 1. The molecule has 1 aromatic rings. The Morgan fingerprint density at radius 3 is 2.65 bits per heavy atom. The molecule has 0 saturated heterocycles. The standard InChI is InChI=1S/C14H19FO2/c1-4-5-6-9-17-13-8-7-12(15)14(10(13)2)11(3)16/h7-8H,4-6,9H2,1-3H3. The smallest absolute Gasteiger partial charge is 0.163 e. The van der Waals surface area contributed by atoms with Gasteiger partial charge in [-0.1, -0.05) is 19.8 Å². The van der Waals surface area contributed by atoms with Crippen LogP contribution >= 0.6 is 0 Å². The van der Waals surface area contributed by atoms with E-state index >= 15 is 0 Å². The summed E-state index contributed by atoms with van der Waals surface area (Å²) in [5.74, 6) is -0.136. The van der Waals surface area contributed by atoms with Crippen molar-refractivity contribution in [1.82, 2.24) is 0 Å². The summed E-state index contributed by atoms with van der Waals surface area (Å²) in [6.45, 7) is 5.82. The number of hydrogen-bond donors (Lipinski definition) is 0. The number of ether oxygens (including phenoxy) is 1. The van der Waals surface area contributed by atoms with Crippen molar-refractivity contribution < 1.29 is 13.9 Å². The fourth-order valence-electron chi connectivity index (χ4n) is 1.78. The molecular formula is C14H19FO2. The summed E-state index contributed by atoms with van der Waals surface area (Å²) in [6.07, 6.45) is 3.22. The van der Waals surface area contributed by atoms with Crippen LogP contribution in [0.25, 0.3) is 0 Å². The Labute approximate surface area is 102 Å². The zero-order valence-electron chi connectivity index (χ0n) is 10.7. The lowest BCUT2D eigenvalue weighted by Gasteiger charge is -2.12. The highest BCUT2D eigenvalue weighted by atomic mass is 19.1. The van der Waals surface area contributed by atoms with E-state index in [4.69, 9.17) is 4.74 Å². The molecule has 0 unspecified atom stereocenters. The molecule has 3 heteroatoms. The third kappa shape index (κ3) is 3.55. The van der Waals surface area contributed by atoms with E-state index in [-0.39, 0.29) is 11.3 Å². The van der Waals surface area contributed by atoms with Crippen LogP contribution < -0.4 is 4.74 Å². The minimum absolute atomic E-state index is 0.137. The van der Waals surface area contributed by atoms with Crippen molar-refractivity contribution >= 4 is 5.78 Å². The highest BCUT2D eigenvalue weighted by Crippen LogP contribution is 2.24. The van der Waals surface area contributed by atoms with Gasteiger partial charge in [0.1, 0.15) is 11.6 Å². The number of hydrogen-bond acceptors (Lipinski definition) is 2. The van der Waals surface area contributed by atoms with Crippen molar-refractivity contribution in [2.24, 2.45) is 0 Å². The minimum Gasteiger partial charge on any atom is -0.493 e. The highest BCUT2D eigenvalue weighted by Gasteiger charge is 2.14. The van der Waals surface area contributed by atoms with Gasteiger partial charge >= 0.3 is 0 Å². The van der Waals surface area contributed by atoms with Gasteiger partial charge in [0.15, 0.2) is 5.78 Å². The SMILES string of the molecule is CCCCCOc1ccc(F)c(C(C)=O)c1C. The summed E-state index contributed by atoms with van der Waals surface area (Å²) in [4.78, 5) is 11.3. The van der Waals surface area contributed by atoms with Gasteiger partial charge in [0, 0.05) is 5.56 Å². The summed E-state index contributed by atoms with van der Waals surface area (Å²) in [5, 5.41) is 0.